The summed E-state index contributed by atoms with van der Waals surface area (Å²) in [6, 6.07) is 1.55. The lowest BCUT2D eigenvalue weighted by molar-refractivity contribution is 0.435. The van der Waals surface area contributed by atoms with E-state index in [-0.39, 0.29) is 11.2 Å². The SMILES string of the molecule is CCCn1c(=O)cc(N2CCC(C)CC2)[nH]c1=O. The van der Waals surface area contributed by atoms with Gasteiger partial charge < -0.3 is 4.90 Å². The molecule has 1 N–H and O–H groups in total. The summed E-state index contributed by atoms with van der Waals surface area (Å²) in [6.45, 7) is 6.49. The van der Waals surface area contributed by atoms with Crippen LogP contribution in [0.3, 0.4) is 0 Å². The minimum Gasteiger partial charge on any atom is -0.358 e. The highest BCUT2D eigenvalue weighted by molar-refractivity contribution is 5.37. The van der Waals surface area contributed by atoms with Gasteiger partial charge in [0.1, 0.15) is 5.82 Å². The Morgan fingerprint density at radius 3 is 2.56 bits per heavy atom. The minimum atomic E-state index is -0.294. The van der Waals surface area contributed by atoms with E-state index in [0.29, 0.717) is 12.4 Å². The highest BCUT2D eigenvalue weighted by atomic mass is 16.2. The standard InChI is InChI=1S/C13H21N3O2/c1-3-6-16-12(17)9-11(14-13(16)18)15-7-4-10(2)5-8-15/h9-10H,3-8H2,1-2H3,(H,14,18). The van der Waals surface area contributed by atoms with E-state index in [1.54, 1.807) is 6.07 Å². The highest BCUT2D eigenvalue weighted by Gasteiger charge is 2.17. The van der Waals surface area contributed by atoms with Gasteiger partial charge in [-0.1, -0.05) is 13.8 Å². The summed E-state index contributed by atoms with van der Waals surface area (Å²) in [6.07, 6.45) is 3.00. The Labute approximate surface area is 106 Å². The molecule has 100 valence electrons. The molecule has 0 saturated carbocycles. The van der Waals surface area contributed by atoms with Crippen LogP contribution in [0.15, 0.2) is 15.7 Å². The number of hydrogen-bond donors (Lipinski definition) is 1. The molecule has 0 spiro atoms. The Morgan fingerprint density at radius 1 is 1.33 bits per heavy atom. The fourth-order valence-electron chi connectivity index (χ4n) is 2.36. The number of nitrogens with zero attached hydrogens (tertiary/aromatic N) is 2. The van der Waals surface area contributed by atoms with Crippen LogP contribution < -0.4 is 16.1 Å². The minimum absolute atomic E-state index is 0.200. The average molecular weight is 251 g/mol. The van der Waals surface area contributed by atoms with E-state index >= 15 is 0 Å². The van der Waals surface area contributed by atoms with Gasteiger partial charge in [0.2, 0.25) is 0 Å². The summed E-state index contributed by atoms with van der Waals surface area (Å²) in [4.78, 5) is 28.6. The van der Waals surface area contributed by atoms with E-state index in [1.807, 2.05) is 6.92 Å². The third-order valence-electron chi connectivity index (χ3n) is 3.58. The second-order valence-electron chi connectivity index (χ2n) is 5.12. The molecule has 0 bridgehead atoms. The van der Waals surface area contributed by atoms with E-state index in [9.17, 15) is 9.59 Å². The van der Waals surface area contributed by atoms with E-state index in [1.165, 1.54) is 4.57 Å². The molecule has 1 saturated heterocycles. The molecule has 1 fully saturated rings. The van der Waals surface area contributed by atoms with Crippen molar-refractivity contribution < 1.29 is 0 Å². The molecular formula is C13H21N3O2. The molecule has 18 heavy (non-hydrogen) atoms. The first-order valence-electron chi connectivity index (χ1n) is 6.71. The molecule has 5 heteroatoms. The molecule has 1 aromatic rings. The largest absolute Gasteiger partial charge is 0.358 e. The van der Waals surface area contributed by atoms with Crippen molar-refractivity contribution in [3.8, 4) is 0 Å². The Morgan fingerprint density at radius 2 is 2.00 bits per heavy atom. The molecule has 1 aliphatic heterocycles. The monoisotopic (exact) mass is 251 g/mol. The van der Waals surface area contributed by atoms with Gasteiger partial charge in [-0.15, -0.1) is 0 Å². The smallest absolute Gasteiger partial charge is 0.329 e. The second kappa shape index (κ2) is 5.42. The molecule has 5 nitrogen and oxygen atoms in total. The normalized spacial score (nSPS) is 17.1. The summed E-state index contributed by atoms with van der Waals surface area (Å²) < 4.78 is 1.26. The van der Waals surface area contributed by atoms with Gasteiger partial charge >= 0.3 is 5.69 Å². The Balaban J connectivity index is 2.25. The first kappa shape index (κ1) is 12.9. The number of aromatic nitrogens is 2. The summed E-state index contributed by atoms with van der Waals surface area (Å²) in [5.41, 5.74) is -0.493. The molecule has 0 aromatic carbocycles. The van der Waals surface area contributed by atoms with Crippen molar-refractivity contribution in [1.82, 2.24) is 9.55 Å². The number of aromatic amines is 1. The maximum Gasteiger partial charge on any atom is 0.329 e. The zero-order valence-corrected chi connectivity index (χ0v) is 11.1. The number of anilines is 1. The fraction of sp³-hybridized carbons (Fsp3) is 0.692. The maximum absolute atomic E-state index is 11.9. The zero-order chi connectivity index (χ0) is 13.1. The van der Waals surface area contributed by atoms with Crippen LogP contribution in [0.25, 0.3) is 0 Å². The average Bonchev–Trinajstić information content (AvgIpc) is 2.34. The van der Waals surface area contributed by atoms with Crippen LogP contribution in [-0.2, 0) is 6.54 Å². The summed E-state index contributed by atoms with van der Waals surface area (Å²) in [5, 5.41) is 0. The van der Waals surface area contributed by atoms with Gasteiger partial charge in [0.15, 0.2) is 0 Å². The molecule has 0 radical (unpaired) electrons. The van der Waals surface area contributed by atoms with Crippen molar-refractivity contribution in [2.75, 3.05) is 18.0 Å². The predicted octanol–water partition coefficient (Wildman–Crippen LogP) is 1.18. The zero-order valence-electron chi connectivity index (χ0n) is 11.1. The van der Waals surface area contributed by atoms with Crippen molar-refractivity contribution in [1.29, 1.82) is 0 Å². The van der Waals surface area contributed by atoms with Crippen molar-refractivity contribution in [2.45, 2.75) is 39.7 Å². The number of hydrogen-bond acceptors (Lipinski definition) is 3. The van der Waals surface area contributed by atoms with Crippen LogP contribution in [0.5, 0.6) is 0 Å². The van der Waals surface area contributed by atoms with Crippen molar-refractivity contribution in [3.05, 3.63) is 26.9 Å². The van der Waals surface area contributed by atoms with Crippen LogP contribution in [-0.4, -0.2) is 22.6 Å². The number of rotatable bonds is 3. The van der Waals surface area contributed by atoms with E-state index in [4.69, 9.17) is 0 Å². The van der Waals surface area contributed by atoms with Crippen LogP contribution in [0.4, 0.5) is 5.82 Å². The molecule has 0 atom stereocenters. The topological polar surface area (TPSA) is 58.1 Å². The van der Waals surface area contributed by atoms with Crippen LogP contribution in [0.1, 0.15) is 33.1 Å². The van der Waals surface area contributed by atoms with E-state index in [0.717, 1.165) is 38.3 Å². The molecule has 2 heterocycles. The Hall–Kier alpha value is -1.52. The molecule has 0 aliphatic carbocycles. The van der Waals surface area contributed by atoms with Gasteiger partial charge in [-0.05, 0) is 25.2 Å². The number of nitrogens with one attached hydrogen (secondary N) is 1. The Bertz CT molecular complexity index is 478. The van der Waals surface area contributed by atoms with Crippen molar-refractivity contribution in [3.63, 3.8) is 0 Å². The molecular weight excluding hydrogens is 230 g/mol. The number of piperidine rings is 1. The van der Waals surface area contributed by atoms with Gasteiger partial charge in [-0.3, -0.25) is 14.3 Å². The maximum atomic E-state index is 11.9. The molecule has 0 amide bonds. The molecule has 1 aliphatic rings. The molecule has 0 unspecified atom stereocenters. The van der Waals surface area contributed by atoms with E-state index in [2.05, 4.69) is 16.8 Å². The predicted molar refractivity (Wildman–Crippen MR) is 72.2 cm³/mol. The summed E-state index contributed by atoms with van der Waals surface area (Å²) in [7, 11) is 0. The summed E-state index contributed by atoms with van der Waals surface area (Å²) >= 11 is 0. The summed E-state index contributed by atoms with van der Waals surface area (Å²) in [5.74, 6) is 1.40. The van der Waals surface area contributed by atoms with Crippen LogP contribution in [0, 0.1) is 5.92 Å². The Kier molecular flexibility index (Phi) is 3.89. The van der Waals surface area contributed by atoms with Crippen molar-refractivity contribution >= 4 is 5.82 Å². The molecule has 1 aromatic heterocycles. The first-order valence-corrected chi connectivity index (χ1v) is 6.71. The third kappa shape index (κ3) is 2.66. The van der Waals surface area contributed by atoms with Crippen LogP contribution in [0.2, 0.25) is 0 Å². The van der Waals surface area contributed by atoms with Crippen LogP contribution >= 0.6 is 0 Å². The first-order chi connectivity index (χ1) is 8.61. The van der Waals surface area contributed by atoms with Gasteiger partial charge in [-0.25, -0.2) is 4.79 Å². The van der Waals surface area contributed by atoms with Gasteiger partial charge in [0.05, 0.1) is 0 Å². The van der Waals surface area contributed by atoms with Gasteiger partial charge in [0.25, 0.3) is 5.56 Å². The quantitative estimate of drug-likeness (QED) is 0.877. The number of H-pyrrole nitrogens is 1. The molecule has 2 rings (SSSR count). The van der Waals surface area contributed by atoms with Crippen molar-refractivity contribution in [2.24, 2.45) is 5.92 Å². The fourth-order valence-corrected chi connectivity index (χ4v) is 2.36. The van der Waals surface area contributed by atoms with Gasteiger partial charge in [0, 0.05) is 25.7 Å². The third-order valence-corrected chi connectivity index (χ3v) is 3.58. The second-order valence-corrected chi connectivity index (χ2v) is 5.12. The lowest BCUT2D eigenvalue weighted by Gasteiger charge is -2.31. The highest BCUT2D eigenvalue weighted by Crippen LogP contribution is 2.19. The lowest BCUT2D eigenvalue weighted by atomic mass is 9.99. The van der Waals surface area contributed by atoms with E-state index < -0.39 is 0 Å². The lowest BCUT2D eigenvalue weighted by Crippen LogP contribution is -2.40. The van der Waals surface area contributed by atoms with Gasteiger partial charge in [-0.2, -0.15) is 0 Å².